The molecule has 3 rings (SSSR count). The van der Waals surface area contributed by atoms with Crippen LogP contribution in [0.1, 0.15) is 17.0 Å². The lowest BCUT2D eigenvalue weighted by molar-refractivity contribution is -0.885. The summed E-state index contributed by atoms with van der Waals surface area (Å²) < 4.78 is 1.94. The third kappa shape index (κ3) is 4.70. The SMILES string of the molecule is Cc1nn(-c2ccccc2)c(C)c1C[NH+](C)CC(=O)Nc1ncc(Cl)cc1Cl. The van der Waals surface area contributed by atoms with Gasteiger partial charge in [0.1, 0.15) is 6.54 Å². The number of para-hydroxylation sites is 1. The van der Waals surface area contributed by atoms with Crippen LogP contribution < -0.4 is 10.2 Å². The zero-order valence-electron chi connectivity index (χ0n) is 16.0. The summed E-state index contributed by atoms with van der Waals surface area (Å²) in [6, 6.07) is 11.6. The lowest BCUT2D eigenvalue weighted by Gasteiger charge is -2.14. The molecule has 0 radical (unpaired) electrons. The molecule has 0 aliphatic heterocycles. The van der Waals surface area contributed by atoms with Gasteiger partial charge < -0.3 is 10.2 Å². The summed E-state index contributed by atoms with van der Waals surface area (Å²) in [5.41, 5.74) is 4.19. The number of aryl methyl sites for hydroxylation is 1. The van der Waals surface area contributed by atoms with Gasteiger partial charge in [-0.25, -0.2) is 9.67 Å². The van der Waals surface area contributed by atoms with E-state index in [0.717, 1.165) is 27.5 Å². The molecular formula is C20H22Cl2N5O+. The number of benzene rings is 1. The predicted molar refractivity (Wildman–Crippen MR) is 111 cm³/mol. The quantitative estimate of drug-likeness (QED) is 0.646. The predicted octanol–water partition coefficient (Wildman–Crippen LogP) is 2.84. The van der Waals surface area contributed by atoms with Gasteiger partial charge in [-0.3, -0.25) is 4.79 Å². The number of nitrogens with one attached hydrogen (secondary N) is 2. The van der Waals surface area contributed by atoms with Crippen LogP contribution in [0.4, 0.5) is 5.82 Å². The number of carbonyl (C=O) groups is 1. The van der Waals surface area contributed by atoms with E-state index in [2.05, 4.69) is 15.4 Å². The monoisotopic (exact) mass is 418 g/mol. The largest absolute Gasteiger partial charge is 0.326 e. The number of likely N-dealkylation sites (N-methyl/N-ethyl adjacent to an activating group) is 1. The van der Waals surface area contributed by atoms with Gasteiger partial charge in [-0.15, -0.1) is 0 Å². The molecule has 2 N–H and O–H groups in total. The molecule has 2 heterocycles. The zero-order chi connectivity index (χ0) is 20.3. The first kappa shape index (κ1) is 20.3. The second-order valence-electron chi connectivity index (χ2n) is 6.74. The average Bonchev–Trinajstić information content (AvgIpc) is 2.93. The Kier molecular flexibility index (Phi) is 6.34. The lowest BCUT2D eigenvalue weighted by Crippen LogP contribution is -3.08. The number of hydrogen-bond donors (Lipinski definition) is 2. The molecule has 0 saturated heterocycles. The highest BCUT2D eigenvalue weighted by Crippen LogP contribution is 2.22. The van der Waals surface area contributed by atoms with Crippen molar-refractivity contribution in [1.29, 1.82) is 0 Å². The second-order valence-corrected chi connectivity index (χ2v) is 7.58. The molecule has 0 bridgehead atoms. The minimum atomic E-state index is -0.167. The van der Waals surface area contributed by atoms with Gasteiger partial charge in [0.25, 0.3) is 5.91 Å². The Hall–Kier alpha value is -2.41. The van der Waals surface area contributed by atoms with Gasteiger partial charge in [-0.2, -0.15) is 5.10 Å². The fraction of sp³-hybridized carbons (Fsp3) is 0.250. The third-order valence-electron chi connectivity index (χ3n) is 4.45. The molecule has 0 aliphatic rings. The first-order chi connectivity index (χ1) is 13.3. The van der Waals surface area contributed by atoms with Crippen molar-refractivity contribution in [3.8, 4) is 5.69 Å². The molecule has 0 spiro atoms. The van der Waals surface area contributed by atoms with E-state index in [1.54, 1.807) is 6.07 Å². The number of pyridine rings is 1. The molecule has 8 heteroatoms. The van der Waals surface area contributed by atoms with Crippen LogP contribution >= 0.6 is 23.2 Å². The Labute approximate surface area is 174 Å². The van der Waals surface area contributed by atoms with Gasteiger partial charge in [-0.05, 0) is 32.0 Å². The molecule has 1 amide bonds. The van der Waals surface area contributed by atoms with Crippen LogP contribution in [0.5, 0.6) is 0 Å². The van der Waals surface area contributed by atoms with E-state index in [0.29, 0.717) is 22.4 Å². The molecule has 1 unspecified atom stereocenters. The van der Waals surface area contributed by atoms with Gasteiger partial charge in [0.2, 0.25) is 0 Å². The summed E-state index contributed by atoms with van der Waals surface area (Å²) in [6.07, 6.45) is 1.45. The van der Waals surface area contributed by atoms with Crippen LogP contribution in [0.15, 0.2) is 42.6 Å². The number of hydrogen-bond acceptors (Lipinski definition) is 3. The number of rotatable bonds is 6. The third-order valence-corrected chi connectivity index (χ3v) is 4.94. The molecule has 0 fully saturated rings. The van der Waals surface area contributed by atoms with E-state index in [4.69, 9.17) is 23.2 Å². The van der Waals surface area contributed by atoms with Gasteiger partial charge in [0.15, 0.2) is 12.4 Å². The van der Waals surface area contributed by atoms with Crippen molar-refractivity contribution in [3.63, 3.8) is 0 Å². The second kappa shape index (κ2) is 8.73. The fourth-order valence-corrected chi connectivity index (χ4v) is 3.50. The number of aromatic nitrogens is 3. The van der Waals surface area contributed by atoms with Crippen molar-refractivity contribution >= 4 is 34.9 Å². The highest BCUT2D eigenvalue weighted by atomic mass is 35.5. The number of amides is 1. The highest BCUT2D eigenvalue weighted by Gasteiger charge is 2.19. The maximum atomic E-state index is 12.4. The van der Waals surface area contributed by atoms with E-state index in [1.807, 2.05) is 55.9 Å². The zero-order valence-corrected chi connectivity index (χ0v) is 17.5. The van der Waals surface area contributed by atoms with E-state index in [-0.39, 0.29) is 12.5 Å². The summed E-state index contributed by atoms with van der Waals surface area (Å²) in [7, 11) is 1.97. The molecule has 6 nitrogen and oxygen atoms in total. The molecule has 0 aliphatic carbocycles. The summed E-state index contributed by atoms with van der Waals surface area (Å²) in [5, 5.41) is 8.13. The number of anilines is 1. The Morgan fingerprint density at radius 2 is 1.93 bits per heavy atom. The first-order valence-electron chi connectivity index (χ1n) is 8.88. The van der Waals surface area contributed by atoms with Gasteiger partial charge >= 0.3 is 0 Å². The first-order valence-corrected chi connectivity index (χ1v) is 9.63. The Morgan fingerprint density at radius 1 is 1.21 bits per heavy atom. The van der Waals surface area contributed by atoms with Crippen LogP contribution in [-0.4, -0.2) is 34.3 Å². The maximum absolute atomic E-state index is 12.4. The van der Waals surface area contributed by atoms with Crippen LogP contribution in [-0.2, 0) is 11.3 Å². The highest BCUT2D eigenvalue weighted by molar-refractivity contribution is 6.36. The molecule has 0 saturated carbocycles. The van der Waals surface area contributed by atoms with E-state index in [1.165, 1.54) is 6.20 Å². The number of quaternary nitrogens is 1. The fourth-order valence-electron chi connectivity index (χ4n) is 3.07. The molecule has 1 atom stereocenters. The van der Waals surface area contributed by atoms with Crippen molar-refractivity contribution < 1.29 is 9.69 Å². The van der Waals surface area contributed by atoms with E-state index < -0.39 is 0 Å². The average molecular weight is 419 g/mol. The summed E-state index contributed by atoms with van der Waals surface area (Å²) in [4.78, 5) is 17.4. The lowest BCUT2D eigenvalue weighted by atomic mass is 10.2. The van der Waals surface area contributed by atoms with Crippen molar-refractivity contribution in [3.05, 3.63) is 69.6 Å². The molecular weight excluding hydrogens is 397 g/mol. The van der Waals surface area contributed by atoms with Crippen molar-refractivity contribution in [2.45, 2.75) is 20.4 Å². The van der Waals surface area contributed by atoms with Gasteiger partial charge in [0, 0.05) is 6.20 Å². The minimum Gasteiger partial charge on any atom is -0.326 e. The number of nitrogens with zero attached hydrogens (tertiary/aromatic N) is 3. The summed E-state index contributed by atoms with van der Waals surface area (Å²) in [6.45, 7) is 5.00. The van der Waals surface area contributed by atoms with Crippen LogP contribution in [0.3, 0.4) is 0 Å². The van der Waals surface area contributed by atoms with E-state index in [9.17, 15) is 4.79 Å². The molecule has 1 aromatic carbocycles. The smallest absolute Gasteiger partial charge is 0.280 e. The number of halogens is 2. The Balaban J connectivity index is 1.67. The molecule has 28 heavy (non-hydrogen) atoms. The maximum Gasteiger partial charge on any atom is 0.280 e. The van der Waals surface area contributed by atoms with Crippen LogP contribution in [0, 0.1) is 13.8 Å². The summed E-state index contributed by atoms with van der Waals surface area (Å²) in [5.74, 6) is 0.146. The molecule has 146 valence electrons. The number of carbonyl (C=O) groups excluding carboxylic acids is 1. The summed E-state index contributed by atoms with van der Waals surface area (Å²) >= 11 is 11.9. The topological polar surface area (TPSA) is 64.2 Å². The Bertz CT molecular complexity index is 988. The van der Waals surface area contributed by atoms with Gasteiger partial charge in [-0.1, -0.05) is 41.4 Å². The molecule has 2 aromatic heterocycles. The standard InChI is InChI=1S/C20H21Cl2N5O/c1-13-17(14(2)27(25-13)16-7-5-4-6-8-16)11-26(3)12-19(28)24-20-18(22)9-15(21)10-23-20/h4-10H,11-12H2,1-3H3,(H,23,24,28)/p+1. The Morgan fingerprint density at radius 3 is 2.61 bits per heavy atom. The van der Waals surface area contributed by atoms with E-state index >= 15 is 0 Å². The minimum absolute atomic E-state index is 0.167. The van der Waals surface area contributed by atoms with Crippen molar-refractivity contribution in [2.24, 2.45) is 0 Å². The van der Waals surface area contributed by atoms with Crippen LogP contribution in [0.25, 0.3) is 5.69 Å². The normalized spacial score (nSPS) is 12.0. The van der Waals surface area contributed by atoms with Crippen molar-refractivity contribution in [2.75, 3.05) is 18.9 Å². The van der Waals surface area contributed by atoms with Crippen LogP contribution in [0.2, 0.25) is 10.0 Å². The van der Waals surface area contributed by atoms with Gasteiger partial charge in [0.05, 0.1) is 39.7 Å². The van der Waals surface area contributed by atoms with Crippen molar-refractivity contribution in [1.82, 2.24) is 14.8 Å². The molecule has 3 aromatic rings.